The highest BCUT2D eigenvalue weighted by Crippen LogP contribution is 2.27. The number of nitrogens with two attached hydrogens (primary N) is 1. The topological polar surface area (TPSA) is 38.0 Å². The third-order valence-electron chi connectivity index (χ3n) is 3.27. The lowest BCUT2D eigenvalue weighted by molar-refractivity contribution is 0.874. The summed E-state index contributed by atoms with van der Waals surface area (Å²) in [5, 5.41) is 4.09. The zero-order valence-electron chi connectivity index (χ0n) is 11.5. The van der Waals surface area contributed by atoms with Crippen LogP contribution in [0.25, 0.3) is 0 Å². The van der Waals surface area contributed by atoms with Crippen LogP contribution in [0.3, 0.4) is 0 Å². The molecule has 0 heterocycles. The number of aryl methyl sites for hydroxylation is 1. The summed E-state index contributed by atoms with van der Waals surface area (Å²) >= 11 is 11.1. The average molecular weight is 305 g/mol. The number of halogens is 1. The molecule has 0 saturated carbocycles. The minimum absolute atomic E-state index is 0.141. The van der Waals surface area contributed by atoms with Gasteiger partial charge in [0.2, 0.25) is 0 Å². The van der Waals surface area contributed by atoms with E-state index in [1.807, 2.05) is 24.3 Å². The molecule has 1 atom stereocenters. The maximum atomic E-state index is 6.06. The highest BCUT2D eigenvalue weighted by molar-refractivity contribution is 7.80. The largest absolute Gasteiger partial charge is 0.389 e. The van der Waals surface area contributed by atoms with E-state index in [0.29, 0.717) is 10.0 Å². The molecule has 0 aliphatic heterocycles. The van der Waals surface area contributed by atoms with E-state index in [2.05, 4.69) is 31.3 Å². The molecular weight excluding hydrogens is 288 g/mol. The molecule has 20 heavy (non-hydrogen) atoms. The molecule has 0 amide bonds. The molecule has 0 aliphatic carbocycles. The standard InChI is InChI=1S/C16H17ClN2S/c1-10-5-3-4-6-13(10)11(2)19-15-9-12(17)7-8-14(15)16(18)20/h3-9,11,19H,1-2H3,(H2,18,20). The number of benzene rings is 2. The number of rotatable bonds is 4. The molecule has 0 bridgehead atoms. The second-order valence-corrected chi connectivity index (χ2v) is 5.65. The van der Waals surface area contributed by atoms with Crippen LogP contribution in [0.5, 0.6) is 0 Å². The molecule has 0 fully saturated rings. The highest BCUT2D eigenvalue weighted by atomic mass is 35.5. The van der Waals surface area contributed by atoms with Crippen molar-refractivity contribution in [2.45, 2.75) is 19.9 Å². The van der Waals surface area contributed by atoms with Gasteiger partial charge in [0.05, 0.1) is 0 Å². The van der Waals surface area contributed by atoms with Crippen LogP contribution in [0, 0.1) is 6.92 Å². The number of hydrogen-bond acceptors (Lipinski definition) is 2. The Morgan fingerprint density at radius 2 is 1.95 bits per heavy atom. The van der Waals surface area contributed by atoms with E-state index < -0.39 is 0 Å². The molecule has 2 rings (SSSR count). The second-order valence-electron chi connectivity index (χ2n) is 4.78. The van der Waals surface area contributed by atoms with E-state index in [1.54, 1.807) is 6.07 Å². The van der Waals surface area contributed by atoms with Crippen molar-refractivity contribution in [1.82, 2.24) is 0 Å². The Labute approximate surface area is 130 Å². The summed E-state index contributed by atoms with van der Waals surface area (Å²) in [7, 11) is 0. The predicted molar refractivity (Wildman–Crippen MR) is 90.6 cm³/mol. The first-order valence-electron chi connectivity index (χ1n) is 6.40. The van der Waals surface area contributed by atoms with E-state index in [4.69, 9.17) is 29.6 Å². The van der Waals surface area contributed by atoms with Crippen molar-refractivity contribution >= 4 is 34.5 Å². The minimum atomic E-state index is 0.141. The van der Waals surface area contributed by atoms with Crippen molar-refractivity contribution in [2.24, 2.45) is 5.73 Å². The summed E-state index contributed by atoms with van der Waals surface area (Å²) in [6, 6.07) is 13.9. The average Bonchev–Trinajstić information content (AvgIpc) is 2.38. The predicted octanol–water partition coefficient (Wildman–Crippen LogP) is 4.46. The molecule has 0 radical (unpaired) electrons. The Morgan fingerprint density at radius 1 is 1.25 bits per heavy atom. The quantitative estimate of drug-likeness (QED) is 0.819. The van der Waals surface area contributed by atoms with Crippen molar-refractivity contribution in [3.8, 4) is 0 Å². The molecule has 104 valence electrons. The molecule has 2 nitrogen and oxygen atoms in total. The Balaban J connectivity index is 2.32. The van der Waals surface area contributed by atoms with Gasteiger partial charge < -0.3 is 11.1 Å². The molecule has 4 heteroatoms. The van der Waals surface area contributed by atoms with E-state index in [-0.39, 0.29) is 6.04 Å². The van der Waals surface area contributed by atoms with Crippen LogP contribution in [0.4, 0.5) is 5.69 Å². The Kier molecular flexibility index (Phi) is 4.63. The van der Waals surface area contributed by atoms with Gasteiger partial charge in [-0.3, -0.25) is 0 Å². The van der Waals surface area contributed by atoms with Crippen LogP contribution in [-0.2, 0) is 0 Å². The summed E-state index contributed by atoms with van der Waals surface area (Å²) in [5.41, 5.74) is 9.91. The van der Waals surface area contributed by atoms with Crippen molar-refractivity contribution in [3.63, 3.8) is 0 Å². The van der Waals surface area contributed by atoms with Gasteiger partial charge in [0.1, 0.15) is 4.99 Å². The van der Waals surface area contributed by atoms with Gasteiger partial charge in [0.15, 0.2) is 0 Å². The van der Waals surface area contributed by atoms with Crippen LogP contribution in [0.15, 0.2) is 42.5 Å². The van der Waals surface area contributed by atoms with Gasteiger partial charge in [-0.25, -0.2) is 0 Å². The molecule has 0 saturated heterocycles. The lowest BCUT2D eigenvalue weighted by Crippen LogP contribution is -2.15. The van der Waals surface area contributed by atoms with Gasteiger partial charge in [-0.15, -0.1) is 0 Å². The van der Waals surface area contributed by atoms with Crippen molar-refractivity contribution in [2.75, 3.05) is 5.32 Å². The first-order valence-corrected chi connectivity index (χ1v) is 7.19. The lowest BCUT2D eigenvalue weighted by atomic mass is 10.0. The third kappa shape index (κ3) is 3.30. The van der Waals surface area contributed by atoms with Gasteiger partial charge in [-0.1, -0.05) is 48.1 Å². The SMILES string of the molecule is Cc1ccccc1C(C)Nc1cc(Cl)ccc1C(N)=S. The Bertz CT molecular complexity index is 640. The summed E-state index contributed by atoms with van der Waals surface area (Å²) in [6.07, 6.45) is 0. The fourth-order valence-corrected chi connectivity index (χ4v) is 2.58. The van der Waals surface area contributed by atoms with Crippen molar-refractivity contribution < 1.29 is 0 Å². The second kappa shape index (κ2) is 6.25. The summed E-state index contributed by atoms with van der Waals surface area (Å²) in [4.78, 5) is 0.362. The molecule has 0 spiro atoms. The van der Waals surface area contributed by atoms with Crippen LogP contribution >= 0.6 is 23.8 Å². The Morgan fingerprint density at radius 3 is 2.60 bits per heavy atom. The van der Waals surface area contributed by atoms with E-state index in [0.717, 1.165) is 11.3 Å². The highest BCUT2D eigenvalue weighted by Gasteiger charge is 2.12. The number of nitrogens with one attached hydrogen (secondary N) is 1. The molecule has 3 N–H and O–H groups in total. The van der Waals surface area contributed by atoms with Crippen LogP contribution < -0.4 is 11.1 Å². The maximum Gasteiger partial charge on any atom is 0.106 e. The van der Waals surface area contributed by atoms with Gasteiger partial charge in [-0.2, -0.15) is 0 Å². The molecule has 2 aromatic rings. The Hall–Kier alpha value is -1.58. The zero-order chi connectivity index (χ0) is 14.7. The molecule has 1 unspecified atom stereocenters. The van der Waals surface area contributed by atoms with Gasteiger partial charge in [-0.05, 0) is 43.2 Å². The summed E-state index contributed by atoms with van der Waals surface area (Å²) in [5.74, 6) is 0. The van der Waals surface area contributed by atoms with Gasteiger partial charge in [0.25, 0.3) is 0 Å². The monoisotopic (exact) mass is 304 g/mol. The zero-order valence-corrected chi connectivity index (χ0v) is 13.1. The molecule has 0 aromatic heterocycles. The van der Waals surface area contributed by atoms with E-state index in [1.165, 1.54) is 11.1 Å². The van der Waals surface area contributed by atoms with Crippen molar-refractivity contribution in [3.05, 3.63) is 64.2 Å². The molecular formula is C16H17ClN2S. The number of hydrogen-bond donors (Lipinski definition) is 2. The summed E-state index contributed by atoms with van der Waals surface area (Å²) in [6.45, 7) is 4.20. The molecule has 2 aromatic carbocycles. The van der Waals surface area contributed by atoms with Gasteiger partial charge >= 0.3 is 0 Å². The first-order chi connectivity index (χ1) is 9.49. The number of thiocarbonyl (C=S) groups is 1. The van der Waals surface area contributed by atoms with E-state index >= 15 is 0 Å². The smallest absolute Gasteiger partial charge is 0.106 e. The molecule has 0 aliphatic rings. The lowest BCUT2D eigenvalue weighted by Gasteiger charge is -2.20. The fraction of sp³-hybridized carbons (Fsp3) is 0.188. The normalized spacial score (nSPS) is 11.9. The van der Waals surface area contributed by atoms with Crippen LogP contribution in [0.2, 0.25) is 5.02 Å². The summed E-state index contributed by atoms with van der Waals surface area (Å²) < 4.78 is 0. The maximum absolute atomic E-state index is 6.06. The number of anilines is 1. The van der Waals surface area contributed by atoms with Crippen LogP contribution in [-0.4, -0.2) is 4.99 Å². The van der Waals surface area contributed by atoms with Gasteiger partial charge in [0, 0.05) is 22.3 Å². The fourth-order valence-electron chi connectivity index (χ4n) is 2.23. The van der Waals surface area contributed by atoms with E-state index in [9.17, 15) is 0 Å². The van der Waals surface area contributed by atoms with Crippen LogP contribution in [0.1, 0.15) is 29.7 Å². The van der Waals surface area contributed by atoms with Crippen molar-refractivity contribution in [1.29, 1.82) is 0 Å². The third-order valence-corrected chi connectivity index (χ3v) is 3.73. The minimum Gasteiger partial charge on any atom is -0.389 e. The first kappa shape index (κ1) is 14.8.